The molecule has 184 valence electrons. The zero-order valence-electron chi connectivity index (χ0n) is 25.0. The monoisotopic (exact) mass is 544 g/mol. The van der Waals surface area contributed by atoms with E-state index in [4.69, 9.17) is 37.8 Å². The molecule has 39 heavy (non-hydrogen) atoms. The van der Waals surface area contributed by atoms with Crippen LogP contribution in [-0.2, 0) is 0 Å². The summed E-state index contributed by atoms with van der Waals surface area (Å²) in [4.78, 5) is 14.5. The fourth-order valence-electron chi connectivity index (χ4n) is 5.00. The van der Waals surface area contributed by atoms with Gasteiger partial charge in [-0.25, -0.2) is 15.0 Å². The Kier molecular flexibility index (Phi) is 4.00. The highest BCUT2D eigenvalue weighted by atomic mass is 35.5. The lowest BCUT2D eigenvalue weighted by molar-refractivity contribution is 0.669. The second kappa shape index (κ2) is 8.73. The summed E-state index contributed by atoms with van der Waals surface area (Å²) >= 11 is 7.87. The Hall–Kier alpha value is -4.58. The highest BCUT2D eigenvalue weighted by Gasteiger charge is 2.19. The number of rotatable bonds is 3. The molecule has 5 aromatic carbocycles. The van der Waals surface area contributed by atoms with Gasteiger partial charge >= 0.3 is 0 Å². The lowest BCUT2D eigenvalue weighted by Crippen LogP contribution is -2.00. The highest BCUT2D eigenvalue weighted by Crippen LogP contribution is 2.41. The molecule has 0 unspecified atom stereocenters. The molecular weight excluding hydrogens is 522 g/mol. The number of nitrogens with zero attached hydrogens (tertiary/aromatic N) is 3. The first kappa shape index (κ1) is 17.8. The third-order valence-electron chi connectivity index (χ3n) is 6.70. The number of furan rings is 1. The van der Waals surface area contributed by atoms with Crippen LogP contribution in [0, 0.1) is 0 Å². The van der Waals surface area contributed by atoms with Crippen molar-refractivity contribution >= 4 is 65.0 Å². The molecule has 0 aliphatic heterocycles. The van der Waals surface area contributed by atoms with E-state index in [1.165, 1.54) is 0 Å². The fourth-order valence-corrected chi connectivity index (χ4v) is 6.37. The summed E-state index contributed by atoms with van der Waals surface area (Å²) in [5.74, 6) is 0.577. The van der Waals surface area contributed by atoms with Crippen molar-refractivity contribution in [2.24, 2.45) is 0 Å². The first-order valence-electron chi connectivity index (χ1n) is 14.7. The van der Waals surface area contributed by atoms with Gasteiger partial charge in [0, 0.05) is 58.7 Å². The molecule has 0 fully saturated rings. The van der Waals surface area contributed by atoms with Crippen LogP contribution in [0.25, 0.3) is 76.3 Å². The lowest BCUT2D eigenvalue weighted by atomic mass is 10.1. The van der Waals surface area contributed by atoms with Gasteiger partial charge in [0.2, 0.25) is 0 Å². The van der Waals surface area contributed by atoms with E-state index in [9.17, 15) is 0 Å². The van der Waals surface area contributed by atoms with Crippen LogP contribution in [0.3, 0.4) is 0 Å². The SMILES string of the molecule is [2H]c1c([2H])c([2H])c(-c2nc(-c3cccc4c3sc3ccccc34)nc(-c3cccc4oc5cc(Cl)ccc5c34)n2)c([2H])c1[2H]. The van der Waals surface area contributed by atoms with Crippen molar-refractivity contribution in [3.63, 3.8) is 0 Å². The Bertz CT molecular complexity index is 2460. The van der Waals surface area contributed by atoms with E-state index in [1.54, 1.807) is 23.5 Å². The zero-order valence-corrected chi connectivity index (χ0v) is 21.6. The number of hydrogen-bond acceptors (Lipinski definition) is 5. The van der Waals surface area contributed by atoms with E-state index in [-0.39, 0.29) is 29.3 Å². The van der Waals surface area contributed by atoms with Crippen LogP contribution >= 0.6 is 22.9 Å². The standard InChI is InChI=1S/C33H18ClN3OS/c34-20-16-17-23-27(18-20)38-26-14-7-12-24(29(23)26)32-35-31(19-8-2-1-3-9-19)36-33(37-32)25-13-6-11-22-21-10-4-5-15-28(21)39-30(22)25/h1-18H/i1D,2D,3D,8D,9D. The summed E-state index contributed by atoms with van der Waals surface area (Å²) in [5, 5.41) is 4.29. The first-order chi connectivity index (χ1) is 21.3. The van der Waals surface area contributed by atoms with Gasteiger partial charge in [-0.1, -0.05) is 84.3 Å². The van der Waals surface area contributed by atoms with Gasteiger partial charge in [0.25, 0.3) is 0 Å². The molecule has 0 saturated carbocycles. The molecule has 6 heteroatoms. The summed E-state index contributed by atoms with van der Waals surface area (Å²) in [6, 6.07) is 22.9. The lowest BCUT2D eigenvalue weighted by Gasteiger charge is -2.10. The maximum absolute atomic E-state index is 8.66. The number of thiophene rings is 1. The molecule has 0 aliphatic rings. The molecule has 8 aromatic rings. The molecule has 0 atom stereocenters. The summed E-state index contributed by atoms with van der Waals surface area (Å²) in [6.45, 7) is 0. The summed E-state index contributed by atoms with van der Waals surface area (Å²) in [6.07, 6.45) is 0. The van der Waals surface area contributed by atoms with Gasteiger partial charge in [-0.05, 0) is 30.3 Å². The first-order valence-corrected chi connectivity index (χ1v) is 13.3. The number of halogens is 1. The predicted octanol–water partition coefficient (Wildman–Crippen LogP) is 9.79. The van der Waals surface area contributed by atoms with Crippen molar-refractivity contribution < 1.29 is 11.3 Å². The molecule has 0 aliphatic carbocycles. The van der Waals surface area contributed by atoms with Gasteiger partial charge < -0.3 is 4.42 Å². The van der Waals surface area contributed by atoms with Crippen molar-refractivity contribution in [2.75, 3.05) is 0 Å². The van der Waals surface area contributed by atoms with Gasteiger partial charge in [-0.15, -0.1) is 11.3 Å². The third kappa shape index (κ3) is 3.62. The number of aromatic nitrogens is 3. The van der Waals surface area contributed by atoms with E-state index < -0.39 is 18.1 Å². The molecule has 0 radical (unpaired) electrons. The maximum Gasteiger partial charge on any atom is 0.165 e. The zero-order chi connectivity index (χ0) is 30.3. The molecule has 8 rings (SSSR count). The molecule has 4 nitrogen and oxygen atoms in total. The topological polar surface area (TPSA) is 51.8 Å². The van der Waals surface area contributed by atoms with Crippen molar-refractivity contribution in [3.05, 3.63) is 114 Å². The normalized spacial score (nSPS) is 13.5. The third-order valence-corrected chi connectivity index (χ3v) is 8.16. The van der Waals surface area contributed by atoms with E-state index in [0.29, 0.717) is 27.6 Å². The average molecular weight is 545 g/mol. The minimum atomic E-state index is -0.485. The van der Waals surface area contributed by atoms with Crippen molar-refractivity contribution in [1.29, 1.82) is 0 Å². The molecule has 0 spiro atoms. The smallest absolute Gasteiger partial charge is 0.165 e. The van der Waals surface area contributed by atoms with Crippen LogP contribution in [0.2, 0.25) is 5.02 Å². The Balaban J connectivity index is 1.48. The summed E-state index contributed by atoms with van der Waals surface area (Å²) in [5.41, 5.74) is 2.51. The van der Waals surface area contributed by atoms with Gasteiger partial charge in [-0.2, -0.15) is 0 Å². The molecule has 3 aromatic heterocycles. The van der Waals surface area contributed by atoms with Crippen LogP contribution in [0.4, 0.5) is 0 Å². The van der Waals surface area contributed by atoms with Gasteiger partial charge in [0.05, 0.1) is 6.85 Å². The van der Waals surface area contributed by atoms with Gasteiger partial charge in [0.15, 0.2) is 17.5 Å². The second-order valence-electron chi connectivity index (χ2n) is 9.01. The molecular formula is C33H18ClN3OS. The average Bonchev–Trinajstić information content (AvgIpc) is 3.60. The Morgan fingerprint density at radius 1 is 0.667 bits per heavy atom. The minimum absolute atomic E-state index is 0.0204. The van der Waals surface area contributed by atoms with E-state index in [2.05, 4.69) is 18.2 Å². The maximum atomic E-state index is 8.66. The van der Waals surface area contributed by atoms with Crippen LogP contribution < -0.4 is 0 Å². The van der Waals surface area contributed by atoms with Crippen molar-refractivity contribution in [1.82, 2.24) is 15.0 Å². The van der Waals surface area contributed by atoms with Crippen LogP contribution in [0.15, 0.2) is 113 Å². The minimum Gasteiger partial charge on any atom is -0.456 e. The largest absolute Gasteiger partial charge is 0.456 e. The van der Waals surface area contributed by atoms with Crippen LogP contribution in [-0.4, -0.2) is 15.0 Å². The molecule has 3 heterocycles. The van der Waals surface area contributed by atoms with E-state index in [0.717, 1.165) is 36.5 Å². The molecule has 0 amide bonds. The predicted molar refractivity (Wildman–Crippen MR) is 161 cm³/mol. The number of benzene rings is 5. The van der Waals surface area contributed by atoms with Crippen LogP contribution in [0.5, 0.6) is 0 Å². The van der Waals surface area contributed by atoms with Crippen molar-refractivity contribution in [2.45, 2.75) is 0 Å². The van der Waals surface area contributed by atoms with Crippen molar-refractivity contribution in [3.8, 4) is 34.2 Å². The van der Waals surface area contributed by atoms with E-state index in [1.807, 2.05) is 48.5 Å². The van der Waals surface area contributed by atoms with E-state index >= 15 is 0 Å². The quantitative estimate of drug-likeness (QED) is 0.222. The Morgan fingerprint density at radius 3 is 2.31 bits per heavy atom. The summed E-state index contributed by atoms with van der Waals surface area (Å²) in [7, 11) is 0. The number of hydrogen-bond donors (Lipinski definition) is 0. The van der Waals surface area contributed by atoms with Gasteiger partial charge in [0.1, 0.15) is 11.2 Å². The highest BCUT2D eigenvalue weighted by molar-refractivity contribution is 7.26. The second-order valence-corrected chi connectivity index (χ2v) is 10.5. The Morgan fingerprint density at radius 2 is 1.41 bits per heavy atom. The van der Waals surface area contributed by atoms with Gasteiger partial charge in [-0.3, -0.25) is 0 Å². The summed E-state index contributed by atoms with van der Waals surface area (Å²) < 4.78 is 50.2. The molecule has 0 N–H and O–H groups in total. The van der Waals surface area contributed by atoms with Crippen LogP contribution in [0.1, 0.15) is 6.85 Å². The fraction of sp³-hybridized carbons (Fsp3) is 0. The number of fused-ring (bicyclic) bond motifs is 6. The Labute approximate surface area is 239 Å². The molecule has 0 saturated heterocycles. The molecule has 0 bridgehead atoms.